The summed E-state index contributed by atoms with van der Waals surface area (Å²) in [5.74, 6) is -0.745. The lowest BCUT2D eigenvalue weighted by atomic mass is 9.85. The van der Waals surface area contributed by atoms with Crippen molar-refractivity contribution in [3.05, 3.63) is 34.7 Å². The monoisotopic (exact) mass is 248 g/mol. The lowest BCUT2D eigenvalue weighted by Crippen LogP contribution is -2.26. The smallest absolute Gasteiger partial charge is 0.309 e. The number of carboxylic acid groups (broad SMARTS) is 1. The predicted octanol–water partition coefficient (Wildman–Crippen LogP) is 3.86. The molecule has 0 spiro atoms. The zero-order chi connectivity index (χ0) is 12.6. The number of hydrogen-bond acceptors (Lipinski definition) is 2. The number of carboxylic acids is 1. The van der Waals surface area contributed by atoms with Gasteiger partial charge in [0.1, 0.15) is 0 Å². The van der Waals surface area contributed by atoms with E-state index in [4.69, 9.17) is 0 Å². The Morgan fingerprint density at radius 1 is 1.41 bits per heavy atom. The van der Waals surface area contributed by atoms with Crippen LogP contribution in [0.5, 0.6) is 0 Å². The zero-order valence-corrected chi connectivity index (χ0v) is 11.1. The molecule has 0 radical (unpaired) electrons. The van der Waals surface area contributed by atoms with E-state index in [1.54, 1.807) is 25.2 Å². The maximum absolute atomic E-state index is 11.2. The lowest BCUT2D eigenvalue weighted by Gasteiger charge is -2.18. The first kappa shape index (κ1) is 12.1. The van der Waals surface area contributed by atoms with Crippen LogP contribution in [0.4, 0.5) is 0 Å². The van der Waals surface area contributed by atoms with Gasteiger partial charge in [0.05, 0.1) is 5.41 Å². The molecule has 0 unspecified atom stereocenters. The fourth-order valence-electron chi connectivity index (χ4n) is 2.03. The van der Waals surface area contributed by atoms with Gasteiger partial charge in [-0.25, -0.2) is 0 Å². The molecule has 2 nitrogen and oxygen atoms in total. The summed E-state index contributed by atoms with van der Waals surface area (Å²) in [6, 6.07) is 6.21. The second kappa shape index (κ2) is 4.15. The van der Waals surface area contributed by atoms with Crippen molar-refractivity contribution in [2.24, 2.45) is 5.41 Å². The quantitative estimate of drug-likeness (QED) is 0.895. The third-order valence-corrected chi connectivity index (χ3v) is 4.09. The van der Waals surface area contributed by atoms with E-state index >= 15 is 0 Å². The summed E-state index contributed by atoms with van der Waals surface area (Å²) in [5.41, 5.74) is 1.66. The number of carbonyl (C=O) groups is 1. The first-order valence-electron chi connectivity index (χ1n) is 5.61. The van der Waals surface area contributed by atoms with Crippen LogP contribution < -0.4 is 0 Å². The van der Waals surface area contributed by atoms with E-state index in [1.165, 1.54) is 15.6 Å². The average Bonchev–Trinajstić information content (AvgIpc) is 2.62. The molecule has 1 aromatic heterocycles. The van der Waals surface area contributed by atoms with Gasteiger partial charge in [-0.3, -0.25) is 4.79 Å². The molecular formula is C14H16O2S. The van der Waals surface area contributed by atoms with Gasteiger partial charge in [-0.1, -0.05) is 12.1 Å². The summed E-state index contributed by atoms with van der Waals surface area (Å²) in [7, 11) is 0. The molecule has 1 aromatic carbocycles. The second-order valence-corrected chi connectivity index (χ2v) is 5.99. The van der Waals surface area contributed by atoms with Crippen LogP contribution >= 0.6 is 11.3 Å². The van der Waals surface area contributed by atoms with Crippen LogP contribution in [-0.4, -0.2) is 11.1 Å². The first-order valence-corrected chi connectivity index (χ1v) is 6.49. The number of thiophene rings is 1. The van der Waals surface area contributed by atoms with Crippen molar-refractivity contribution >= 4 is 27.4 Å². The molecule has 90 valence electrons. The van der Waals surface area contributed by atoms with Gasteiger partial charge >= 0.3 is 5.97 Å². The van der Waals surface area contributed by atoms with Gasteiger partial charge in [0, 0.05) is 4.70 Å². The van der Waals surface area contributed by atoms with E-state index in [0.717, 1.165) is 5.56 Å². The molecule has 2 rings (SSSR count). The van der Waals surface area contributed by atoms with Gasteiger partial charge in [-0.05, 0) is 55.2 Å². The van der Waals surface area contributed by atoms with Gasteiger partial charge in [-0.2, -0.15) is 0 Å². The van der Waals surface area contributed by atoms with Crippen LogP contribution in [0.2, 0.25) is 0 Å². The normalized spacial score (nSPS) is 11.9. The Labute approximate surface area is 105 Å². The second-order valence-electron chi connectivity index (χ2n) is 5.07. The van der Waals surface area contributed by atoms with E-state index in [1.807, 2.05) is 6.07 Å². The van der Waals surface area contributed by atoms with Crippen molar-refractivity contribution in [2.45, 2.75) is 27.2 Å². The van der Waals surface area contributed by atoms with E-state index < -0.39 is 11.4 Å². The van der Waals surface area contributed by atoms with Gasteiger partial charge in [-0.15, -0.1) is 11.3 Å². The summed E-state index contributed by atoms with van der Waals surface area (Å²) in [4.78, 5) is 11.2. The Bertz CT molecular complexity index is 567. The molecule has 0 saturated carbocycles. The lowest BCUT2D eigenvalue weighted by molar-refractivity contribution is -0.146. The van der Waals surface area contributed by atoms with Gasteiger partial charge in [0.25, 0.3) is 0 Å². The minimum atomic E-state index is -0.745. The molecule has 0 amide bonds. The highest BCUT2D eigenvalue weighted by Gasteiger charge is 2.28. The zero-order valence-electron chi connectivity index (χ0n) is 10.3. The minimum Gasteiger partial charge on any atom is -0.481 e. The molecule has 0 aliphatic heterocycles. The Morgan fingerprint density at radius 3 is 2.76 bits per heavy atom. The summed E-state index contributed by atoms with van der Waals surface area (Å²) >= 11 is 1.69. The maximum Gasteiger partial charge on any atom is 0.309 e. The molecular weight excluding hydrogens is 232 g/mol. The molecule has 1 heterocycles. The van der Waals surface area contributed by atoms with E-state index in [0.29, 0.717) is 6.42 Å². The third kappa shape index (κ3) is 2.20. The number of fused-ring (bicyclic) bond motifs is 1. The van der Waals surface area contributed by atoms with Crippen molar-refractivity contribution in [3.8, 4) is 0 Å². The number of aryl methyl sites for hydroxylation is 1. The topological polar surface area (TPSA) is 37.3 Å². The molecule has 2 aromatic rings. The molecule has 0 aliphatic rings. The minimum absolute atomic E-state index is 0.577. The van der Waals surface area contributed by atoms with Crippen LogP contribution in [0.1, 0.15) is 25.0 Å². The molecule has 0 saturated heterocycles. The van der Waals surface area contributed by atoms with Crippen LogP contribution in [0.15, 0.2) is 23.6 Å². The first-order chi connectivity index (χ1) is 7.92. The molecule has 3 heteroatoms. The Kier molecular flexibility index (Phi) is 2.96. The van der Waals surface area contributed by atoms with Crippen LogP contribution in [0, 0.1) is 12.3 Å². The molecule has 17 heavy (non-hydrogen) atoms. The van der Waals surface area contributed by atoms with Gasteiger partial charge in [0.2, 0.25) is 0 Å². The van der Waals surface area contributed by atoms with Crippen molar-refractivity contribution in [2.75, 3.05) is 0 Å². The van der Waals surface area contributed by atoms with E-state index in [2.05, 4.69) is 24.4 Å². The Balaban J connectivity index is 2.47. The number of aliphatic carboxylic acids is 1. The number of hydrogen-bond donors (Lipinski definition) is 1. The molecule has 0 fully saturated rings. The summed E-state index contributed by atoms with van der Waals surface area (Å²) < 4.78 is 1.24. The van der Waals surface area contributed by atoms with Crippen LogP contribution in [-0.2, 0) is 11.2 Å². The van der Waals surface area contributed by atoms with Crippen LogP contribution in [0.3, 0.4) is 0 Å². The average molecular weight is 248 g/mol. The Morgan fingerprint density at radius 2 is 2.12 bits per heavy atom. The van der Waals surface area contributed by atoms with Crippen molar-refractivity contribution < 1.29 is 9.90 Å². The largest absolute Gasteiger partial charge is 0.481 e. The molecule has 0 bridgehead atoms. The highest BCUT2D eigenvalue weighted by atomic mass is 32.1. The molecule has 0 atom stereocenters. The van der Waals surface area contributed by atoms with Gasteiger partial charge in [0.15, 0.2) is 0 Å². The fraction of sp³-hybridized carbons (Fsp3) is 0.357. The van der Waals surface area contributed by atoms with E-state index in [9.17, 15) is 9.90 Å². The molecule has 0 aliphatic carbocycles. The number of benzene rings is 1. The van der Waals surface area contributed by atoms with Gasteiger partial charge < -0.3 is 5.11 Å². The predicted molar refractivity (Wildman–Crippen MR) is 71.7 cm³/mol. The third-order valence-electron chi connectivity index (χ3n) is 3.10. The SMILES string of the molecule is Cc1cccc2scc(CC(C)(C)C(=O)O)c12. The summed E-state index contributed by atoms with van der Waals surface area (Å²) in [5, 5.41) is 12.5. The van der Waals surface area contributed by atoms with Crippen LogP contribution in [0.25, 0.3) is 10.1 Å². The van der Waals surface area contributed by atoms with E-state index in [-0.39, 0.29) is 0 Å². The summed E-state index contributed by atoms with van der Waals surface area (Å²) in [6.07, 6.45) is 0.577. The van der Waals surface area contributed by atoms with Crippen molar-refractivity contribution in [1.29, 1.82) is 0 Å². The summed E-state index contributed by atoms with van der Waals surface area (Å²) in [6.45, 7) is 5.63. The maximum atomic E-state index is 11.2. The van der Waals surface area contributed by atoms with Crippen molar-refractivity contribution in [3.63, 3.8) is 0 Å². The Hall–Kier alpha value is -1.35. The fourth-order valence-corrected chi connectivity index (χ4v) is 3.06. The van der Waals surface area contributed by atoms with Crippen molar-refractivity contribution in [1.82, 2.24) is 0 Å². The number of rotatable bonds is 3. The highest BCUT2D eigenvalue weighted by molar-refractivity contribution is 7.17. The highest BCUT2D eigenvalue weighted by Crippen LogP contribution is 2.33. The molecule has 1 N–H and O–H groups in total. The standard InChI is InChI=1S/C14H16O2S/c1-9-5-4-6-11-12(9)10(8-17-11)7-14(2,3)13(15)16/h4-6,8H,7H2,1-3H3,(H,15,16).